The third-order valence-electron chi connectivity index (χ3n) is 17.7. The Labute approximate surface area is 435 Å². The van der Waals surface area contributed by atoms with E-state index in [2.05, 4.69) is 64.0 Å². The van der Waals surface area contributed by atoms with Gasteiger partial charge < -0.3 is 39.9 Å². The molecular weight excluding hydrogens is 936 g/mol. The second kappa shape index (κ2) is 20.3. The van der Waals surface area contributed by atoms with Gasteiger partial charge in [0, 0.05) is 132 Å². The molecule has 15 nitrogen and oxygen atoms in total. The molecule has 2 aliphatic carbocycles. The summed E-state index contributed by atoms with van der Waals surface area (Å²) >= 11 is 0. The van der Waals surface area contributed by atoms with Crippen LogP contribution >= 0.6 is 0 Å². The van der Waals surface area contributed by atoms with Crippen molar-refractivity contribution in [3.8, 4) is 0 Å². The summed E-state index contributed by atoms with van der Waals surface area (Å²) in [5.74, 6) is -0.212. The number of likely N-dealkylation sites (N-methyl/N-ethyl adjacent to an activating group) is 1. The third kappa shape index (κ3) is 9.68. The summed E-state index contributed by atoms with van der Waals surface area (Å²) in [7, 11) is 1.84. The average Bonchev–Trinajstić information content (AvgIpc) is 4.22. The Bertz CT molecular complexity index is 2790. The number of amides is 3. The number of nitrogens with zero attached hydrogens (tertiary/aromatic N) is 8. The number of rotatable bonds is 12. The molecule has 7 heterocycles. The number of quaternary nitrogens is 1. The minimum atomic E-state index is -0.811. The first-order valence-corrected chi connectivity index (χ1v) is 27.2. The van der Waals surface area contributed by atoms with Crippen LogP contribution < -0.4 is 25.1 Å². The number of carbonyl (C=O) groups is 3. The molecule has 5 fully saturated rings. The van der Waals surface area contributed by atoms with E-state index in [-0.39, 0.29) is 54.5 Å². The Kier molecular flexibility index (Phi) is 13.8. The first kappa shape index (κ1) is 50.3. The number of pyridine rings is 1. The molecule has 0 bridgehead atoms. The normalized spacial score (nSPS) is 27.2. The number of hydroxylamine groups is 2. The lowest BCUT2D eigenvalue weighted by Gasteiger charge is -2.43. The molecule has 0 radical (unpaired) electrons. The van der Waals surface area contributed by atoms with Crippen LogP contribution in [0, 0.1) is 29.8 Å². The zero-order valence-corrected chi connectivity index (χ0v) is 43.6. The molecule has 5 atom stereocenters. The van der Waals surface area contributed by atoms with E-state index in [0.717, 1.165) is 153 Å². The number of halogens is 1. The van der Waals surface area contributed by atoms with Crippen molar-refractivity contribution in [1.82, 2.24) is 39.9 Å². The van der Waals surface area contributed by atoms with Crippen LogP contribution in [0.3, 0.4) is 0 Å². The van der Waals surface area contributed by atoms with Gasteiger partial charge in [-0.3, -0.25) is 34.5 Å². The van der Waals surface area contributed by atoms with E-state index >= 15 is 4.39 Å². The Morgan fingerprint density at radius 1 is 0.973 bits per heavy atom. The number of aliphatic hydroxyl groups is 1. The quantitative estimate of drug-likeness (QED) is 0.0989. The second-order valence-corrected chi connectivity index (χ2v) is 22.5. The predicted molar refractivity (Wildman–Crippen MR) is 287 cm³/mol. The minimum absolute atomic E-state index is 0.0129. The fourth-order valence-corrected chi connectivity index (χ4v) is 13.3. The number of aromatic nitrogens is 1. The minimum Gasteiger partial charge on any atom is -0.626 e. The number of likely N-dealkylation sites (tertiary alicyclic amines) is 2. The van der Waals surface area contributed by atoms with Gasteiger partial charge in [0.05, 0.1) is 17.4 Å². The molecule has 3 aromatic rings. The second-order valence-electron chi connectivity index (χ2n) is 22.5. The molecule has 0 spiro atoms. The Hall–Kier alpha value is -5.91. The van der Waals surface area contributed by atoms with Crippen LogP contribution in [0.15, 0.2) is 84.5 Å². The molecule has 3 amide bonds. The van der Waals surface area contributed by atoms with E-state index in [4.69, 9.17) is 4.98 Å². The lowest BCUT2D eigenvalue weighted by atomic mass is 9.82. The number of piperidine rings is 3. The first-order valence-electron chi connectivity index (χ1n) is 27.2. The number of fused-ring (bicyclic) bond motifs is 2. The number of allylic oxidation sites excluding steroid dienone is 2. The number of carbonyl (C=O) groups excluding carboxylic acids is 3. The van der Waals surface area contributed by atoms with Crippen molar-refractivity contribution in [2.75, 3.05) is 75.9 Å². The summed E-state index contributed by atoms with van der Waals surface area (Å²) in [5.41, 5.74) is 10.6. The fourth-order valence-electron chi connectivity index (χ4n) is 13.3. The van der Waals surface area contributed by atoms with E-state index in [1.807, 2.05) is 65.3 Å². The Morgan fingerprint density at radius 2 is 1.74 bits per heavy atom. The number of anilines is 2. The number of aliphatic hydroxyl groups excluding tert-OH is 1. The molecular formula is C58H73FN10O5. The summed E-state index contributed by atoms with van der Waals surface area (Å²) in [5, 5.41) is 31.0. The molecule has 3 N–H and O–H groups in total. The zero-order chi connectivity index (χ0) is 51.6. The predicted octanol–water partition coefficient (Wildman–Crippen LogP) is 6.86. The summed E-state index contributed by atoms with van der Waals surface area (Å²) in [6.07, 6.45) is 15.5. The SMILES string of the molecule is C=C(C1=Cc2c(N3C=CC(NC)=CC3O)ccnc2CC1C)N1CCC(c2c(C)cc(C(=O)N3CCC(CN4CCN(Cc5ccc6c(c5)[N+]([O-])(C5CC5)CN6C5CCC(=O)NC5=O)CC4C)CC3)cc2F)CC1. The highest BCUT2D eigenvalue weighted by Gasteiger charge is 2.50. The molecule has 16 heteroatoms. The van der Waals surface area contributed by atoms with Gasteiger partial charge in [-0.15, -0.1) is 0 Å². The van der Waals surface area contributed by atoms with Crippen molar-refractivity contribution in [2.45, 2.75) is 115 Å². The number of aryl methyl sites for hydroxylation is 1. The van der Waals surface area contributed by atoms with Crippen molar-refractivity contribution in [1.29, 1.82) is 0 Å². The highest BCUT2D eigenvalue weighted by molar-refractivity contribution is 6.02. The number of nitrogens with one attached hydrogen (secondary N) is 2. The highest BCUT2D eigenvalue weighted by Crippen LogP contribution is 2.50. The summed E-state index contributed by atoms with van der Waals surface area (Å²) in [4.78, 5) is 56.5. The van der Waals surface area contributed by atoms with Crippen molar-refractivity contribution < 1.29 is 23.9 Å². The van der Waals surface area contributed by atoms with Crippen molar-refractivity contribution in [2.24, 2.45) is 11.8 Å². The van der Waals surface area contributed by atoms with Gasteiger partial charge in [-0.05, 0) is 135 Å². The van der Waals surface area contributed by atoms with E-state index < -0.39 is 16.9 Å². The fraction of sp³-hybridized carbons (Fsp3) is 0.517. The molecule has 1 aromatic heterocycles. The number of hydrogen-bond acceptors (Lipinski definition) is 12. The first-order chi connectivity index (χ1) is 35.6. The molecule has 5 unspecified atom stereocenters. The van der Waals surface area contributed by atoms with E-state index in [0.29, 0.717) is 37.0 Å². The summed E-state index contributed by atoms with van der Waals surface area (Å²) < 4.78 is 15.8. The molecule has 74 heavy (non-hydrogen) atoms. The van der Waals surface area contributed by atoms with E-state index in [1.165, 1.54) is 6.07 Å². The lowest BCUT2D eigenvalue weighted by molar-refractivity contribution is -0.134. The van der Waals surface area contributed by atoms with Gasteiger partial charge in [0.1, 0.15) is 17.5 Å². The van der Waals surface area contributed by atoms with E-state index in [9.17, 15) is 24.7 Å². The number of imide groups is 1. The van der Waals surface area contributed by atoms with E-state index in [1.54, 1.807) is 6.08 Å². The van der Waals surface area contributed by atoms with Gasteiger partial charge >= 0.3 is 0 Å². The largest absolute Gasteiger partial charge is 0.626 e. The molecule has 11 rings (SSSR count). The van der Waals surface area contributed by atoms with Gasteiger partial charge in [0.25, 0.3) is 5.91 Å². The third-order valence-corrected chi connectivity index (χ3v) is 17.7. The van der Waals surface area contributed by atoms with Crippen molar-refractivity contribution in [3.05, 3.63) is 129 Å². The van der Waals surface area contributed by atoms with Crippen LogP contribution in [0.25, 0.3) is 6.08 Å². The van der Waals surface area contributed by atoms with Crippen LogP contribution in [0.4, 0.5) is 21.5 Å². The maximum absolute atomic E-state index is 16.3. The summed E-state index contributed by atoms with van der Waals surface area (Å²) in [6, 6.07) is 11.4. The molecule has 392 valence electrons. The molecule has 4 saturated heterocycles. The smallest absolute Gasteiger partial charge is 0.253 e. The number of benzene rings is 2. The lowest BCUT2D eigenvalue weighted by Crippen LogP contribution is -2.56. The van der Waals surface area contributed by atoms with Crippen molar-refractivity contribution >= 4 is 40.9 Å². The molecule has 2 aromatic carbocycles. The van der Waals surface area contributed by atoms with Gasteiger partial charge in [0.15, 0.2) is 18.6 Å². The van der Waals surface area contributed by atoms with Crippen LogP contribution in [0.2, 0.25) is 0 Å². The molecule has 8 aliphatic rings. The topological polar surface area (TPSA) is 151 Å². The van der Waals surface area contributed by atoms with Gasteiger partial charge in [-0.1, -0.05) is 19.6 Å². The van der Waals surface area contributed by atoms with Crippen LogP contribution in [0.5, 0.6) is 0 Å². The molecule has 1 saturated carbocycles. The Balaban J connectivity index is 0.656. The van der Waals surface area contributed by atoms with Crippen LogP contribution in [-0.4, -0.2) is 138 Å². The van der Waals surface area contributed by atoms with Gasteiger partial charge in [0.2, 0.25) is 11.8 Å². The maximum atomic E-state index is 16.3. The molecule has 6 aliphatic heterocycles. The van der Waals surface area contributed by atoms with Gasteiger partial charge in [-0.2, -0.15) is 0 Å². The van der Waals surface area contributed by atoms with Crippen molar-refractivity contribution in [3.63, 3.8) is 0 Å². The summed E-state index contributed by atoms with van der Waals surface area (Å²) in [6.45, 7) is 18.6. The van der Waals surface area contributed by atoms with Crippen LogP contribution in [0.1, 0.15) is 109 Å². The number of piperazine rings is 1. The average molecular weight is 1010 g/mol. The monoisotopic (exact) mass is 1010 g/mol. The van der Waals surface area contributed by atoms with Crippen LogP contribution in [-0.2, 0) is 22.6 Å². The zero-order valence-electron chi connectivity index (χ0n) is 43.6. The Morgan fingerprint density at radius 3 is 2.45 bits per heavy atom. The number of hydrogen-bond donors (Lipinski definition) is 3. The standard InChI is InChI=1S/C58H73FN10O5/c1-36-27-49-47(50(12-18-61-49)67-23-17-44(60-5)30-55(67)71)31-46(36)39(4)64-21-15-42(16-22-64)56-37(2)26-43(29-48(56)59)58(73)65-19-13-40(14-20-65)34-66-25-24-63(32-38(66)3)33-41-6-9-51-53(28-41)69(74,45-7-8-45)35-68(51)52-10-11-54(70)62-57(52)72/h6,9,12,17-18,23,26,28-31,36,38,40,42,45,52,55,60,71H,4,7-8,10-11,13-16,19-22,24-25,27,32-35H2,1-3,5H3,(H,62,70,72). The maximum Gasteiger partial charge on any atom is 0.253 e. The highest BCUT2D eigenvalue weighted by atomic mass is 19.1. The van der Waals surface area contributed by atoms with Gasteiger partial charge in [-0.25, -0.2) is 4.39 Å².